The molecule has 53 heavy (non-hydrogen) atoms. The van der Waals surface area contributed by atoms with Crippen molar-refractivity contribution < 1.29 is 0 Å². The number of hydrogen-bond donors (Lipinski definition) is 1. The summed E-state index contributed by atoms with van der Waals surface area (Å²) in [5, 5.41) is 6.39. The molecule has 0 fully saturated rings. The van der Waals surface area contributed by atoms with Crippen LogP contribution in [-0.4, -0.2) is 4.57 Å². The summed E-state index contributed by atoms with van der Waals surface area (Å²) in [6.07, 6.45) is 0.0594. The number of nitrogens with one attached hydrogen (secondary N) is 1. The van der Waals surface area contributed by atoms with Gasteiger partial charge in [0.2, 0.25) is 0 Å². The molecular formula is C50H33N3. The fourth-order valence-corrected chi connectivity index (χ4v) is 9.85. The van der Waals surface area contributed by atoms with Gasteiger partial charge in [0.1, 0.15) is 6.17 Å². The number of benzene rings is 8. The van der Waals surface area contributed by atoms with Crippen molar-refractivity contribution in [3.63, 3.8) is 0 Å². The summed E-state index contributed by atoms with van der Waals surface area (Å²) in [4.78, 5) is 2.45. The van der Waals surface area contributed by atoms with Gasteiger partial charge in [-0.2, -0.15) is 0 Å². The number of para-hydroxylation sites is 6. The van der Waals surface area contributed by atoms with Crippen LogP contribution in [-0.2, 0) is 5.41 Å². The quantitative estimate of drug-likeness (QED) is 0.201. The minimum atomic E-state index is -0.512. The Hall–Kier alpha value is -6.84. The summed E-state index contributed by atoms with van der Waals surface area (Å²) >= 11 is 0. The highest BCUT2D eigenvalue weighted by atomic mass is 15.3. The number of aromatic nitrogens is 1. The molecule has 4 heterocycles. The van der Waals surface area contributed by atoms with Gasteiger partial charge in [-0.1, -0.05) is 152 Å². The second-order valence-electron chi connectivity index (χ2n) is 14.5. The number of rotatable bonds is 3. The maximum atomic E-state index is 3.81. The first-order valence-electron chi connectivity index (χ1n) is 18.5. The zero-order valence-corrected chi connectivity index (χ0v) is 28.9. The van der Waals surface area contributed by atoms with Gasteiger partial charge >= 0.3 is 0 Å². The molecule has 0 bridgehead atoms. The number of hydrogen-bond acceptors (Lipinski definition) is 2. The van der Waals surface area contributed by atoms with Gasteiger partial charge in [0.05, 0.1) is 39.2 Å². The zero-order chi connectivity index (χ0) is 34.7. The van der Waals surface area contributed by atoms with Crippen LogP contribution in [0.15, 0.2) is 188 Å². The molecule has 1 N–H and O–H groups in total. The van der Waals surface area contributed by atoms with E-state index in [4.69, 9.17) is 0 Å². The van der Waals surface area contributed by atoms with Crippen molar-refractivity contribution in [1.82, 2.24) is 4.57 Å². The molecule has 3 nitrogen and oxygen atoms in total. The Bertz CT molecular complexity index is 2940. The summed E-state index contributed by atoms with van der Waals surface area (Å²) in [5.41, 5.74) is 18.3. The van der Waals surface area contributed by atoms with Gasteiger partial charge in [-0.05, 0) is 75.3 Å². The van der Waals surface area contributed by atoms with Gasteiger partial charge in [-0.3, -0.25) is 0 Å². The van der Waals surface area contributed by atoms with Crippen LogP contribution in [0.4, 0.5) is 17.1 Å². The maximum absolute atomic E-state index is 3.81. The zero-order valence-electron chi connectivity index (χ0n) is 28.9. The predicted octanol–water partition coefficient (Wildman–Crippen LogP) is 12.4. The van der Waals surface area contributed by atoms with Crippen molar-refractivity contribution in [2.75, 3.05) is 10.2 Å². The van der Waals surface area contributed by atoms with Crippen molar-refractivity contribution in [3.05, 3.63) is 216 Å². The predicted molar refractivity (Wildman–Crippen MR) is 218 cm³/mol. The van der Waals surface area contributed by atoms with E-state index >= 15 is 0 Å². The van der Waals surface area contributed by atoms with Crippen LogP contribution in [0, 0.1) is 0 Å². The molecule has 2 atom stereocenters. The molecule has 0 amide bonds. The molecular weight excluding hydrogens is 643 g/mol. The molecule has 0 saturated heterocycles. The van der Waals surface area contributed by atoms with E-state index < -0.39 is 5.41 Å². The molecule has 0 saturated carbocycles. The lowest BCUT2D eigenvalue weighted by Gasteiger charge is -2.41. The van der Waals surface area contributed by atoms with E-state index in [9.17, 15) is 0 Å². The van der Waals surface area contributed by atoms with Crippen molar-refractivity contribution in [2.45, 2.75) is 11.6 Å². The van der Waals surface area contributed by atoms with Gasteiger partial charge in [-0.25, -0.2) is 0 Å². The second-order valence-corrected chi connectivity index (χ2v) is 14.5. The molecule has 0 radical (unpaired) electrons. The van der Waals surface area contributed by atoms with Crippen LogP contribution in [0.1, 0.15) is 34.0 Å². The van der Waals surface area contributed by atoms with E-state index in [-0.39, 0.29) is 6.17 Å². The molecule has 0 spiro atoms. The van der Waals surface area contributed by atoms with Crippen LogP contribution in [0.3, 0.4) is 0 Å². The monoisotopic (exact) mass is 675 g/mol. The molecule has 3 heteroatoms. The number of nitrogens with zero attached hydrogens (tertiary/aromatic N) is 2. The average Bonchev–Trinajstić information content (AvgIpc) is 3.79. The average molecular weight is 676 g/mol. The molecule has 3 aliphatic rings. The van der Waals surface area contributed by atoms with Gasteiger partial charge in [0.15, 0.2) is 0 Å². The lowest BCUT2D eigenvalue weighted by atomic mass is 9.63. The van der Waals surface area contributed by atoms with Crippen molar-refractivity contribution in [3.8, 4) is 27.9 Å². The van der Waals surface area contributed by atoms with Gasteiger partial charge in [0, 0.05) is 21.9 Å². The van der Waals surface area contributed by atoms with Crippen LogP contribution in [0.2, 0.25) is 0 Å². The van der Waals surface area contributed by atoms with E-state index in [0.29, 0.717) is 0 Å². The molecule has 12 rings (SSSR count). The Morgan fingerprint density at radius 1 is 0.453 bits per heavy atom. The molecule has 3 aliphatic heterocycles. The minimum Gasteiger partial charge on any atom is -0.359 e. The SMILES string of the molecule is c1ccc(C2(c3ccc(-c4ccc5c(c4)-c4ccccc4N4c6ccccc6NC54)cc3)c3ccccc3-n3c4ccccc4c4cccc2c43)cc1. The third-order valence-electron chi connectivity index (χ3n) is 12.0. The highest BCUT2D eigenvalue weighted by Crippen LogP contribution is 2.56. The largest absolute Gasteiger partial charge is 0.359 e. The van der Waals surface area contributed by atoms with E-state index in [0.717, 1.165) is 0 Å². The first-order valence-corrected chi connectivity index (χ1v) is 18.5. The first-order chi connectivity index (χ1) is 26.3. The van der Waals surface area contributed by atoms with Crippen molar-refractivity contribution in [1.29, 1.82) is 0 Å². The van der Waals surface area contributed by atoms with E-state index in [1.54, 1.807) is 0 Å². The van der Waals surface area contributed by atoms with Gasteiger partial charge in [0.25, 0.3) is 0 Å². The topological polar surface area (TPSA) is 20.2 Å². The third-order valence-corrected chi connectivity index (χ3v) is 12.0. The summed E-state index contributed by atoms with van der Waals surface area (Å²) in [7, 11) is 0. The highest BCUT2D eigenvalue weighted by Gasteiger charge is 2.45. The Labute approximate surface area is 308 Å². The van der Waals surface area contributed by atoms with E-state index in [1.165, 1.54) is 94.6 Å². The highest BCUT2D eigenvalue weighted by molar-refractivity contribution is 6.12. The minimum absolute atomic E-state index is 0.0594. The molecule has 2 unspecified atom stereocenters. The lowest BCUT2D eigenvalue weighted by Crippen LogP contribution is -2.35. The first kappa shape index (κ1) is 28.8. The summed E-state index contributed by atoms with van der Waals surface area (Å²) < 4.78 is 2.49. The molecule has 248 valence electrons. The van der Waals surface area contributed by atoms with Gasteiger partial charge < -0.3 is 14.8 Å². The third kappa shape index (κ3) is 3.73. The van der Waals surface area contributed by atoms with Crippen molar-refractivity contribution >= 4 is 38.9 Å². The van der Waals surface area contributed by atoms with E-state index in [1.807, 2.05) is 0 Å². The lowest BCUT2D eigenvalue weighted by molar-refractivity contribution is 0.728. The summed E-state index contributed by atoms with van der Waals surface area (Å²) in [6.45, 7) is 0. The fourth-order valence-electron chi connectivity index (χ4n) is 9.85. The Morgan fingerprint density at radius 3 is 2.00 bits per heavy atom. The Kier molecular flexibility index (Phi) is 5.76. The van der Waals surface area contributed by atoms with Crippen LogP contribution in [0.5, 0.6) is 0 Å². The molecule has 0 aliphatic carbocycles. The fraction of sp³-hybridized carbons (Fsp3) is 0.0400. The normalized spacial score (nSPS) is 17.4. The number of fused-ring (bicyclic) bond motifs is 13. The van der Waals surface area contributed by atoms with Crippen LogP contribution >= 0.6 is 0 Å². The van der Waals surface area contributed by atoms with Crippen molar-refractivity contribution in [2.24, 2.45) is 0 Å². The summed E-state index contributed by atoms with van der Waals surface area (Å²) in [6, 6.07) is 69.7. The smallest absolute Gasteiger partial charge is 0.131 e. The Balaban J connectivity index is 1.05. The summed E-state index contributed by atoms with van der Waals surface area (Å²) in [5.74, 6) is 0. The number of anilines is 3. The second kappa shape index (κ2) is 10.6. The molecule has 1 aromatic heterocycles. The molecule has 8 aromatic carbocycles. The van der Waals surface area contributed by atoms with Crippen LogP contribution in [0.25, 0.3) is 49.7 Å². The van der Waals surface area contributed by atoms with Gasteiger partial charge in [-0.15, -0.1) is 0 Å². The molecule has 9 aromatic rings. The van der Waals surface area contributed by atoms with E-state index in [2.05, 4.69) is 203 Å². The maximum Gasteiger partial charge on any atom is 0.131 e. The standard InChI is InChI=1S/C50H33N3/c1-2-13-34(14-3-1)50(41-18-6-10-23-46(41)52-44-21-8-4-15-36(44)38-17-12-19-42(50)48(38)52)35-28-25-32(26-29-35)33-27-30-39-40(31-33)37-16-5-9-22-45(37)53-47-24-11-7-20-43(47)51-49(39)53/h1-31,49,51H. The Morgan fingerprint density at radius 2 is 1.11 bits per heavy atom. The van der Waals surface area contributed by atoms with Crippen LogP contribution < -0.4 is 10.2 Å².